The van der Waals surface area contributed by atoms with Gasteiger partial charge in [-0.15, -0.1) is 0 Å². The molecule has 0 N–H and O–H groups in total. The molecule has 0 rings (SSSR count). The lowest BCUT2D eigenvalue weighted by Gasteiger charge is -2.18. The summed E-state index contributed by atoms with van der Waals surface area (Å²) in [6.45, 7) is 6.50. The van der Waals surface area contributed by atoms with Crippen LogP contribution in [0.5, 0.6) is 0 Å². The van der Waals surface area contributed by atoms with Crippen molar-refractivity contribution in [1.29, 1.82) is 0 Å². The van der Waals surface area contributed by atoms with Crippen LogP contribution in [0.3, 0.4) is 0 Å². The number of carbonyl (C=O) groups is 3. The maximum atomic E-state index is 12.9. The average molecular weight is 1100 g/mol. The van der Waals surface area contributed by atoms with Crippen molar-refractivity contribution in [3.05, 3.63) is 97.2 Å². The summed E-state index contributed by atoms with van der Waals surface area (Å²) < 4.78 is 16.9. The van der Waals surface area contributed by atoms with Crippen LogP contribution < -0.4 is 0 Å². The smallest absolute Gasteiger partial charge is 0.306 e. The molecule has 0 spiro atoms. The summed E-state index contributed by atoms with van der Waals surface area (Å²) in [5.74, 6) is -0.877. The number of allylic oxidation sites excluding steroid dienone is 16. The highest BCUT2D eigenvalue weighted by Crippen LogP contribution is 2.17. The molecule has 0 aliphatic rings. The van der Waals surface area contributed by atoms with Crippen LogP contribution in [0.2, 0.25) is 0 Å². The highest BCUT2D eigenvalue weighted by Gasteiger charge is 2.19. The Morgan fingerprint density at radius 2 is 0.494 bits per heavy atom. The highest BCUT2D eigenvalue weighted by atomic mass is 16.6. The molecule has 454 valence electrons. The van der Waals surface area contributed by atoms with Gasteiger partial charge in [0.25, 0.3) is 0 Å². The monoisotopic (exact) mass is 1100 g/mol. The molecular formula is C73H126O6. The molecule has 0 aliphatic carbocycles. The van der Waals surface area contributed by atoms with Gasteiger partial charge in [-0.3, -0.25) is 14.4 Å². The van der Waals surface area contributed by atoms with Crippen molar-refractivity contribution >= 4 is 17.9 Å². The largest absolute Gasteiger partial charge is 0.462 e. The summed E-state index contributed by atoms with van der Waals surface area (Å²) in [5, 5.41) is 0. The first kappa shape index (κ1) is 75.3. The Bertz CT molecular complexity index is 1540. The molecule has 6 heteroatoms. The van der Waals surface area contributed by atoms with Gasteiger partial charge in [0.2, 0.25) is 0 Å². The van der Waals surface area contributed by atoms with Gasteiger partial charge in [-0.25, -0.2) is 0 Å². The van der Waals surface area contributed by atoms with Gasteiger partial charge in [0.05, 0.1) is 0 Å². The Kier molecular flexibility index (Phi) is 63.7. The van der Waals surface area contributed by atoms with Gasteiger partial charge >= 0.3 is 17.9 Å². The summed E-state index contributed by atoms with van der Waals surface area (Å²) in [6.07, 6.45) is 90.2. The molecule has 0 bridgehead atoms. The minimum Gasteiger partial charge on any atom is -0.462 e. The second-order valence-electron chi connectivity index (χ2n) is 22.4. The Labute approximate surface area is 489 Å². The minimum atomic E-state index is -0.778. The maximum absolute atomic E-state index is 12.9. The topological polar surface area (TPSA) is 78.9 Å². The fourth-order valence-electron chi connectivity index (χ4n) is 9.54. The van der Waals surface area contributed by atoms with E-state index in [1.165, 1.54) is 186 Å². The van der Waals surface area contributed by atoms with Crippen molar-refractivity contribution in [3.8, 4) is 0 Å². The first-order chi connectivity index (χ1) is 39.0. The molecule has 1 unspecified atom stereocenters. The van der Waals surface area contributed by atoms with E-state index in [1.54, 1.807) is 0 Å². The summed E-state index contributed by atoms with van der Waals surface area (Å²) in [6, 6.07) is 0. The van der Waals surface area contributed by atoms with E-state index < -0.39 is 6.10 Å². The average Bonchev–Trinajstić information content (AvgIpc) is 3.45. The predicted molar refractivity (Wildman–Crippen MR) is 344 cm³/mol. The summed E-state index contributed by atoms with van der Waals surface area (Å²) in [7, 11) is 0. The lowest BCUT2D eigenvalue weighted by atomic mass is 10.0. The van der Waals surface area contributed by atoms with Crippen molar-refractivity contribution in [2.45, 2.75) is 335 Å². The van der Waals surface area contributed by atoms with E-state index in [1.807, 2.05) is 0 Å². The minimum absolute atomic E-state index is 0.0766. The summed E-state index contributed by atoms with van der Waals surface area (Å²) >= 11 is 0. The van der Waals surface area contributed by atoms with E-state index in [9.17, 15) is 14.4 Å². The molecule has 0 saturated carbocycles. The van der Waals surface area contributed by atoms with Gasteiger partial charge < -0.3 is 14.2 Å². The third-order valence-electron chi connectivity index (χ3n) is 14.6. The summed E-state index contributed by atoms with van der Waals surface area (Å²) in [5.41, 5.74) is 0. The molecule has 1 atom stereocenters. The maximum Gasteiger partial charge on any atom is 0.306 e. The molecule has 0 aromatic carbocycles. The van der Waals surface area contributed by atoms with E-state index in [4.69, 9.17) is 14.2 Å². The van der Waals surface area contributed by atoms with Crippen molar-refractivity contribution in [3.63, 3.8) is 0 Å². The second-order valence-corrected chi connectivity index (χ2v) is 22.4. The molecule has 6 nitrogen and oxygen atoms in total. The zero-order valence-electron chi connectivity index (χ0n) is 52.1. The quantitative estimate of drug-likeness (QED) is 0.0261. The van der Waals surface area contributed by atoms with Crippen molar-refractivity contribution in [2.24, 2.45) is 0 Å². The first-order valence-corrected chi connectivity index (χ1v) is 33.7. The van der Waals surface area contributed by atoms with Crippen LogP contribution in [0.15, 0.2) is 97.2 Å². The van der Waals surface area contributed by atoms with E-state index in [0.29, 0.717) is 19.3 Å². The van der Waals surface area contributed by atoms with Gasteiger partial charge in [-0.2, -0.15) is 0 Å². The van der Waals surface area contributed by atoms with Crippen LogP contribution in [0.25, 0.3) is 0 Å². The summed E-state index contributed by atoms with van der Waals surface area (Å²) in [4.78, 5) is 38.2. The first-order valence-electron chi connectivity index (χ1n) is 33.7. The second kappa shape index (κ2) is 66.8. The number of carbonyl (C=O) groups excluding carboxylic acids is 3. The van der Waals surface area contributed by atoms with Crippen LogP contribution in [0, 0.1) is 0 Å². The standard InChI is InChI=1S/C73H126O6/c1-4-7-10-13-16-18-20-22-24-26-28-30-32-34-36-38-40-42-44-46-48-50-52-54-57-60-63-66-72(75)78-69-70(68-77-71(74)65-62-59-56-15-12-9-6-3)79-73(76)67-64-61-58-55-53-51-49-47-45-43-41-39-37-35-33-31-29-27-25-23-21-19-17-14-11-8-5-2/h7,10,16,18,21-24,27-30,33-36,70H,4-6,8-9,11-15,17,19-20,25-26,31-32,37-69H2,1-3H3/b10-7-,18-16-,23-21-,24-22-,29-27-,30-28-,35-33-,36-34-. The number of ether oxygens (including phenoxy) is 3. The third kappa shape index (κ3) is 65.0. The van der Waals surface area contributed by atoms with Gasteiger partial charge in [-0.05, 0) is 103 Å². The van der Waals surface area contributed by atoms with Crippen LogP contribution in [0.1, 0.15) is 329 Å². The molecule has 0 saturated heterocycles. The van der Waals surface area contributed by atoms with Gasteiger partial charge in [0, 0.05) is 19.3 Å². The Hall–Kier alpha value is -3.67. The zero-order chi connectivity index (χ0) is 57.1. The van der Waals surface area contributed by atoms with Gasteiger partial charge in [-0.1, -0.05) is 304 Å². The zero-order valence-corrected chi connectivity index (χ0v) is 52.1. The van der Waals surface area contributed by atoms with Gasteiger partial charge in [0.1, 0.15) is 13.2 Å². The molecule has 0 aromatic rings. The van der Waals surface area contributed by atoms with E-state index in [-0.39, 0.29) is 31.1 Å². The lowest BCUT2D eigenvalue weighted by molar-refractivity contribution is -0.167. The normalized spacial score (nSPS) is 12.7. The molecule has 0 fully saturated rings. The SMILES string of the molecule is CC/C=C\C/C=C\C/C=C\C/C=C\C/C=C\CCCCCCCCCCCCCC(=O)OCC(COC(=O)CCCCCCCCC)OC(=O)CCCCCCCCCCCCCC/C=C\C/C=C\C/C=C\CCCCCCC. The fourth-order valence-corrected chi connectivity index (χ4v) is 9.54. The fraction of sp³-hybridized carbons (Fsp3) is 0.740. The molecule has 79 heavy (non-hydrogen) atoms. The van der Waals surface area contributed by atoms with Crippen LogP contribution in [-0.2, 0) is 28.6 Å². The Morgan fingerprint density at radius 1 is 0.266 bits per heavy atom. The number of rotatable bonds is 61. The molecular weight excluding hydrogens is 973 g/mol. The predicted octanol–water partition coefficient (Wildman–Crippen LogP) is 23.2. The Morgan fingerprint density at radius 3 is 0.772 bits per heavy atom. The highest BCUT2D eigenvalue weighted by molar-refractivity contribution is 5.71. The van der Waals surface area contributed by atoms with Crippen LogP contribution in [0.4, 0.5) is 0 Å². The van der Waals surface area contributed by atoms with Crippen LogP contribution in [-0.4, -0.2) is 37.2 Å². The Balaban J connectivity index is 4.12. The van der Waals surface area contributed by atoms with E-state index in [2.05, 4.69) is 118 Å². The number of esters is 3. The van der Waals surface area contributed by atoms with E-state index >= 15 is 0 Å². The van der Waals surface area contributed by atoms with Crippen LogP contribution >= 0.6 is 0 Å². The molecule has 0 heterocycles. The van der Waals surface area contributed by atoms with E-state index in [0.717, 1.165) is 103 Å². The molecule has 0 aromatic heterocycles. The van der Waals surface area contributed by atoms with Crippen molar-refractivity contribution in [1.82, 2.24) is 0 Å². The lowest BCUT2D eigenvalue weighted by Crippen LogP contribution is -2.30. The number of hydrogen-bond acceptors (Lipinski definition) is 6. The third-order valence-corrected chi connectivity index (χ3v) is 14.6. The van der Waals surface area contributed by atoms with Crippen molar-refractivity contribution in [2.75, 3.05) is 13.2 Å². The molecule has 0 radical (unpaired) electrons. The molecule has 0 aliphatic heterocycles. The van der Waals surface area contributed by atoms with Crippen molar-refractivity contribution < 1.29 is 28.6 Å². The number of hydrogen-bond donors (Lipinski definition) is 0. The number of unbranched alkanes of at least 4 members (excludes halogenated alkanes) is 34. The molecule has 0 amide bonds. The van der Waals surface area contributed by atoms with Gasteiger partial charge in [0.15, 0.2) is 6.10 Å².